The molecule has 0 bridgehead atoms. The summed E-state index contributed by atoms with van der Waals surface area (Å²) in [6.07, 6.45) is 2.54. The van der Waals surface area contributed by atoms with Crippen LogP contribution in [0.15, 0.2) is 18.2 Å². The van der Waals surface area contributed by atoms with Crippen molar-refractivity contribution in [2.24, 2.45) is 11.7 Å². The zero-order valence-corrected chi connectivity index (χ0v) is 12.8. The Morgan fingerprint density at radius 2 is 2.05 bits per heavy atom. The van der Waals surface area contributed by atoms with Crippen molar-refractivity contribution >= 4 is 0 Å². The Morgan fingerprint density at radius 3 is 2.68 bits per heavy atom. The molecule has 1 saturated heterocycles. The van der Waals surface area contributed by atoms with E-state index in [0.717, 1.165) is 6.54 Å². The number of rotatable bonds is 3. The predicted octanol–water partition coefficient (Wildman–Crippen LogP) is 3.42. The molecule has 0 spiro atoms. The number of nitrogens with two attached hydrogens (primary N) is 1. The second-order valence-corrected chi connectivity index (χ2v) is 6.27. The minimum atomic E-state index is 0.499. The van der Waals surface area contributed by atoms with Crippen molar-refractivity contribution in [3.63, 3.8) is 0 Å². The van der Waals surface area contributed by atoms with Gasteiger partial charge in [0.2, 0.25) is 0 Å². The molecule has 0 aromatic heterocycles. The maximum absolute atomic E-state index is 6.05. The van der Waals surface area contributed by atoms with E-state index in [1.54, 1.807) is 0 Å². The van der Waals surface area contributed by atoms with Gasteiger partial charge in [0.25, 0.3) is 0 Å². The van der Waals surface area contributed by atoms with Crippen LogP contribution < -0.4 is 5.73 Å². The summed E-state index contributed by atoms with van der Waals surface area (Å²) in [6.45, 7) is 11.0. The van der Waals surface area contributed by atoms with Crippen molar-refractivity contribution in [1.29, 1.82) is 0 Å². The molecular formula is C17H28N2. The third-order valence-corrected chi connectivity index (χ3v) is 4.51. The molecule has 2 N–H and O–H groups in total. The third-order valence-electron chi connectivity index (χ3n) is 4.51. The van der Waals surface area contributed by atoms with Crippen LogP contribution in [0.5, 0.6) is 0 Å². The molecule has 0 aliphatic carbocycles. The summed E-state index contributed by atoms with van der Waals surface area (Å²) < 4.78 is 0. The SMILES string of the molecule is Cc1ccc(C)c(C2C(CN)CCCN2C(C)C)c1. The summed E-state index contributed by atoms with van der Waals surface area (Å²) in [5.74, 6) is 0.594. The summed E-state index contributed by atoms with van der Waals surface area (Å²) >= 11 is 0. The van der Waals surface area contributed by atoms with E-state index in [1.165, 1.54) is 36.1 Å². The molecule has 0 saturated carbocycles. The smallest absolute Gasteiger partial charge is 0.0393 e. The molecule has 2 heteroatoms. The lowest BCUT2D eigenvalue weighted by Gasteiger charge is -2.44. The summed E-state index contributed by atoms with van der Waals surface area (Å²) in [6, 6.07) is 7.91. The molecule has 0 radical (unpaired) electrons. The van der Waals surface area contributed by atoms with Gasteiger partial charge in [-0.25, -0.2) is 0 Å². The quantitative estimate of drug-likeness (QED) is 0.902. The molecule has 19 heavy (non-hydrogen) atoms. The van der Waals surface area contributed by atoms with Gasteiger partial charge in [-0.05, 0) is 70.7 Å². The maximum atomic E-state index is 6.05. The van der Waals surface area contributed by atoms with Gasteiger partial charge in [0.15, 0.2) is 0 Å². The lowest BCUT2D eigenvalue weighted by atomic mass is 9.82. The second-order valence-electron chi connectivity index (χ2n) is 6.27. The minimum Gasteiger partial charge on any atom is -0.330 e. The highest BCUT2D eigenvalue weighted by Gasteiger charge is 2.33. The van der Waals surface area contributed by atoms with Gasteiger partial charge in [-0.3, -0.25) is 4.90 Å². The lowest BCUT2D eigenvalue weighted by molar-refractivity contribution is 0.0661. The highest BCUT2D eigenvalue weighted by Crippen LogP contribution is 2.38. The van der Waals surface area contributed by atoms with E-state index in [1.807, 2.05) is 0 Å². The number of hydrogen-bond donors (Lipinski definition) is 1. The Morgan fingerprint density at radius 1 is 1.32 bits per heavy atom. The van der Waals surface area contributed by atoms with Crippen LogP contribution in [0.2, 0.25) is 0 Å². The Hall–Kier alpha value is -0.860. The van der Waals surface area contributed by atoms with Gasteiger partial charge in [-0.2, -0.15) is 0 Å². The third kappa shape index (κ3) is 3.01. The van der Waals surface area contributed by atoms with Gasteiger partial charge in [0.1, 0.15) is 0 Å². The molecule has 1 aliphatic heterocycles. The Bertz CT molecular complexity index is 425. The monoisotopic (exact) mass is 260 g/mol. The highest BCUT2D eigenvalue weighted by atomic mass is 15.2. The molecule has 2 nitrogen and oxygen atoms in total. The van der Waals surface area contributed by atoms with Gasteiger partial charge in [-0.1, -0.05) is 23.8 Å². The summed E-state index contributed by atoms with van der Waals surface area (Å²) in [7, 11) is 0. The normalized spacial score (nSPS) is 24.9. The van der Waals surface area contributed by atoms with Crippen LogP contribution in [0.3, 0.4) is 0 Å². The van der Waals surface area contributed by atoms with Gasteiger partial charge < -0.3 is 5.73 Å². The van der Waals surface area contributed by atoms with Crippen LogP contribution in [0.1, 0.15) is 49.4 Å². The molecule has 106 valence electrons. The number of aryl methyl sites for hydroxylation is 2. The van der Waals surface area contributed by atoms with E-state index in [9.17, 15) is 0 Å². The van der Waals surface area contributed by atoms with Crippen molar-refractivity contribution in [2.75, 3.05) is 13.1 Å². The Labute approximate surface area is 118 Å². The predicted molar refractivity (Wildman–Crippen MR) is 82.3 cm³/mol. The summed E-state index contributed by atoms with van der Waals surface area (Å²) in [4.78, 5) is 2.64. The van der Waals surface area contributed by atoms with E-state index in [-0.39, 0.29) is 0 Å². The average Bonchev–Trinajstić information content (AvgIpc) is 2.40. The van der Waals surface area contributed by atoms with E-state index in [0.29, 0.717) is 18.0 Å². The van der Waals surface area contributed by atoms with Crippen LogP contribution in [0, 0.1) is 19.8 Å². The maximum Gasteiger partial charge on any atom is 0.0393 e. The van der Waals surface area contributed by atoms with E-state index in [2.05, 4.69) is 50.8 Å². The summed E-state index contributed by atoms with van der Waals surface area (Å²) in [5.41, 5.74) is 10.3. The van der Waals surface area contributed by atoms with Crippen LogP contribution in [0.4, 0.5) is 0 Å². The lowest BCUT2D eigenvalue weighted by Crippen LogP contribution is -2.45. The minimum absolute atomic E-state index is 0.499. The molecule has 1 aromatic carbocycles. The number of hydrogen-bond acceptors (Lipinski definition) is 2. The summed E-state index contributed by atoms with van der Waals surface area (Å²) in [5, 5.41) is 0. The highest BCUT2D eigenvalue weighted by molar-refractivity contribution is 5.34. The first-order valence-corrected chi connectivity index (χ1v) is 7.57. The number of piperidine rings is 1. The fourth-order valence-electron chi connectivity index (χ4n) is 3.44. The number of likely N-dealkylation sites (tertiary alicyclic amines) is 1. The zero-order valence-electron chi connectivity index (χ0n) is 12.8. The van der Waals surface area contributed by atoms with Crippen molar-refractivity contribution in [2.45, 2.75) is 52.6 Å². The molecule has 2 atom stereocenters. The van der Waals surface area contributed by atoms with E-state index in [4.69, 9.17) is 5.73 Å². The van der Waals surface area contributed by atoms with E-state index >= 15 is 0 Å². The van der Waals surface area contributed by atoms with Crippen molar-refractivity contribution in [3.05, 3.63) is 34.9 Å². The van der Waals surface area contributed by atoms with Crippen molar-refractivity contribution in [1.82, 2.24) is 4.90 Å². The Balaban J connectivity index is 2.42. The molecule has 1 fully saturated rings. The van der Waals surface area contributed by atoms with Gasteiger partial charge >= 0.3 is 0 Å². The van der Waals surface area contributed by atoms with Crippen molar-refractivity contribution in [3.8, 4) is 0 Å². The molecule has 2 rings (SSSR count). The average molecular weight is 260 g/mol. The van der Waals surface area contributed by atoms with Gasteiger partial charge in [0.05, 0.1) is 0 Å². The zero-order chi connectivity index (χ0) is 14.0. The molecule has 0 amide bonds. The first-order valence-electron chi connectivity index (χ1n) is 7.57. The first-order chi connectivity index (χ1) is 9.04. The topological polar surface area (TPSA) is 29.3 Å². The van der Waals surface area contributed by atoms with Crippen molar-refractivity contribution < 1.29 is 0 Å². The molecule has 2 unspecified atom stereocenters. The van der Waals surface area contributed by atoms with E-state index < -0.39 is 0 Å². The largest absolute Gasteiger partial charge is 0.330 e. The van der Waals surface area contributed by atoms with Crippen LogP contribution >= 0.6 is 0 Å². The van der Waals surface area contributed by atoms with Crippen LogP contribution in [-0.4, -0.2) is 24.0 Å². The molecule has 1 aromatic rings. The van der Waals surface area contributed by atoms with Gasteiger partial charge in [0, 0.05) is 12.1 Å². The number of benzene rings is 1. The molecule has 1 heterocycles. The fraction of sp³-hybridized carbons (Fsp3) is 0.647. The standard InChI is InChI=1S/C17H28N2/c1-12(2)19-9-5-6-15(11-18)17(19)16-10-13(3)7-8-14(16)4/h7-8,10,12,15,17H,5-6,9,11,18H2,1-4H3. The first kappa shape index (κ1) is 14.5. The van der Waals surface area contributed by atoms with Crippen LogP contribution in [0.25, 0.3) is 0 Å². The van der Waals surface area contributed by atoms with Gasteiger partial charge in [-0.15, -0.1) is 0 Å². The van der Waals surface area contributed by atoms with Crippen LogP contribution in [-0.2, 0) is 0 Å². The molecule has 1 aliphatic rings. The number of nitrogens with zero attached hydrogens (tertiary/aromatic N) is 1. The Kier molecular flexibility index (Phi) is 4.64. The second kappa shape index (κ2) is 6.06. The molecular weight excluding hydrogens is 232 g/mol. The fourth-order valence-corrected chi connectivity index (χ4v) is 3.44.